The number of halogens is 2. The fourth-order valence-electron chi connectivity index (χ4n) is 5.26. The van der Waals surface area contributed by atoms with E-state index in [1.807, 2.05) is 108 Å². The van der Waals surface area contributed by atoms with Gasteiger partial charge in [0.15, 0.2) is 0 Å². The zero-order chi connectivity index (χ0) is 37.3. The maximum absolute atomic E-state index is 13.9. The molecular weight excluding hydrogens is 734 g/mol. The number of hydrogen-bond acceptors (Lipinski definition) is 8. The van der Waals surface area contributed by atoms with Crippen LogP contribution in [0.1, 0.15) is 32.6 Å². The highest BCUT2D eigenvalue weighted by atomic mass is 35.5. The largest absolute Gasteiger partial charge is 0.530 e. The van der Waals surface area contributed by atoms with Crippen LogP contribution in [0.5, 0.6) is 5.75 Å². The molecule has 0 aliphatic heterocycles. The van der Waals surface area contributed by atoms with Crippen LogP contribution in [0.3, 0.4) is 0 Å². The van der Waals surface area contributed by atoms with Gasteiger partial charge in [0.2, 0.25) is 0 Å². The maximum atomic E-state index is 13.9. The van der Waals surface area contributed by atoms with Gasteiger partial charge in [-0.1, -0.05) is 103 Å². The molecule has 0 unspecified atom stereocenters. The van der Waals surface area contributed by atoms with Gasteiger partial charge in [0.1, 0.15) is 18.4 Å². The van der Waals surface area contributed by atoms with Crippen molar-refractivity contribution in [2.75, 3.05) is 29.7 Å². The molecule has 5 rings (SSSR count). The zero-order valence-electron chi connectivity index (χ0n) is 29.0. The smallest absolute Gasteiger partial charge is 0.459 e. The van der Waals surface area contributed by atoms with Crippen molar-refractivity contribution in [2.24, 2.45) is 0 Å². The normalized spacial score (nSPS) is 11.7. The van der Waals surface area contributed by atoms with Gasteiger partial charge >= 0.3 is 13.8 Å². The van der Waals surface area contributed by atoms with Crippen LogP contribution >= 0.6 is 31.0 Å². The molecule has 1 atom stereocenters. The molecule has 0 saturated heterocycles. The molecule has 0 aliphatic carbocycles. The van der Waals surface area contributed by atoms with Crippen molar-refractivity contribution < 1.29 is 32.5 Å². The summed E-state index contributed by atoms with van der Waals surface area (Å²) in [6, 6.07) is 40.6. The lowest BCUT2D eigenvalue weighted by atomic mass is 10.0. The van der Waals surface area contributed by atoms with E-state index in [-0.39, 0.29) is 32.0 Å². The summed E-state index contributed by atoms with van der Waals surface area (Å²) < 4.78 is 36.8. The van der Waals surface area contributed by atoms with Crippen LogP contribution in [-0.4, -0.2) is 42.8 Å². The summed E-state index contributed by atoms with van der Waals surface area (Å²) >= 11 is 11.9. The summed E-state index contributed by atoms with van der Waals surface area (Å²) in [6.07, 6.45) is 0.115. The highest BCUT2D eigenvalue weighted by Gasteiger charge is 2.30. The number of phosphoric acid groups is 1. The molecule has 9 nitrogen and oxygen atoms in total. The Kier molecular flexibility index (Phi) is 15.4. The average molecular weight is 776 g/mol. The summed E-state index contributed by atoms with van der Waals surface area (Å²) in [6.45, 7) is 1.29. The highest BCUT2D eigenvalue weighted by molar-refractivity contribution is 7.48. The Labute approximate surface area is 320 Å². The molecule has 1 N–H and O–H groups in total. The van der Waals surface area contributed by atoms with E-state index in [9.17, 15) is 14.2 Å². The SMILES string of the molecule is O=C(N[C@@H](Cc1ccc(OP(=O)(OCc2ccccc2)OCc2ccccc2)cc1)C(=O)OCc1ccccc1)c1ccc(N(CCCl)CCCl)cc1. The van der Waals surface area contributed by atoms with Gasteiger partial charge in [0.05, 0.1) is 13.2 Å². The number of ether oxygens (including phenoxy) is 1. The van der Waals surface area contributed by atoms with Crippen molar-refractivity contribution in [3.05, 3.63) is 167 Å². The number of benzene rings is 5. The summed E-state index contributed by atoms with van der Waals surface area (Å²) in [5.41, 5.74) is 4.37. The number of esters is 1. The van der Waals surface area contributed by atoms with Crippen molar-refractivity contribution in [1.82, 2.24) is 5.32 Å². The van der Waals surface area contributed by atoms with Crippen molar-refractivity contribution in [1.29, 1.82) is 0 Å². The topological polar surface area (TPSA) is 103 Å². The van der Waals surface area contributed by atoms with E-state index in [0.29, 0.717) is 36.0 Å². The van der Waals surface area contributed by atoms with Crippen LogP contribution in [-0.2, 0) is 49.4 Å². The molecular formula is C41H41Cl2N2O7P. The Balaban J connectivity index is 1.29. The minimum Gasteiger partial charge on any atom is -0.459 e. The first kappa shape index (κ1) is 39.6. The minimum absolute atomic E-state index is 0.0132. The molecule has 1 amide bonds. The maximum Gasteiger partial charge on any atom is 0.530 e. The van der Waals surface area contributed by atoms with Gasteiger partial charge in [-0.25, -0.2) is 9.36 Å². The molecule has 0 heterocycles. The predicted molar refractivity (Wildman–Crippen MR) is 208 cm³/mol. The number of nitrogens with one attached hydrogen (secondary N) is 1. The van der Waals surface area contributed by atoms with Gasteiger partial charge in [-0.05, 0) is 58.7 Å². The summed E-state index contributed by atoms with van der Waals surface area (Å²) in [7, 11) is -4.09. The van der Waals surface area contributed by atoms with Crippen LogP contribution in [0.2, 0.25) is 0 Å². The van der Waals surface area contributed by atoms with Crippen LogP contribution in [0.15, 0.2) is 140 Å². The summed E-state index contributed by atoms with van der Waals surface area (Å²) in [5, 5.41) is 2.85. The lowest BCUT2D eigenvalue weighted by molar-refractivity contribution is -0.147. The summed E-state index contributed by atoms with van der Waals surface area (Å²) in [5.74, 6) is 0.0715. The number of alkyl halides is 2. The highest BCUT2D eigenvalue weighted by Crippen LogP contribution is 2.51. The van der Waals surface area contributed by atoms with Crippen LogP contribution in [0.25, 0.3) is 0 Å². The Hall–Kier alpha value is -4.63. The Morgan fingerprint density at radius 1 is 0.623 bits per heavy atom. The molecule has 0 saturated carbocycles. The third kappa shape index (κ3) is 12.8. The first-order valence-electron chi connectivity index (χ1n) is 17.1. The molecule has 12 heteroatoms. The van der Waals surface area contributed by atoms with E-state index < -0.39 is 25.7 Å². The third-order valence-corrected chi connectivity index (χ3v) is 9.73. The van der Waals surface area contributed by atoms with Gasteiger partial charge in [-0.15, -0.1) is 23.2 Å². The van der Waals surface area contributed by atoms with E-state index in [4.69, 9.17) is 41.5 Å². The van der Waals surface area contributed by atoms with Crippen LogP contribution in [0, 0.1) is 0 Å². The van der Waals surface area contributed by atoms with Crippen LogP contribution < -0.4 is 14.7 Å². The number of hydrogen-bond donors (Lipinski definition) is 1. The number of carbonyl (C=O) groups excluding carboxylic acids is 2. The quantitative estimate of drug-likeness (QED) is 0.0475. The molecule has 0 radical (unpaired) electrons. The molecule has 53 heavy (non-hydrogen) atoms. The standard InChI is InChI=1S/C41H41Cl2N2O7P/c42-24-26-45(27-25-43)37-20-18-36(19-21-37)40(46)44-39(41(47)49-29-33-10-4-1-5-11-33)28-32-16-22-38(23-17-32)52-53(48,50-30-34-12-6-2-7-13-34)51-31-35-14-8-3-9-15-35/h1-23,39H,24-31H2,(H,44,46)/t39-/m0/s1. The van der Waals surface area contributed by atoms with Crippen molar-refractivity contribution >= 4 is 48.6 Å². The molecule has 0 spiro atoms. The molecule has 5 aromatic rings. The van der Waals surface area contributed by atoms with Gasteiger partial charge in [0, 0.05) is 42.5 Å². The molecule has 0 fully saturated rings. The Morgan fingerprint density at radius 3 is 1.60 bits per heavy atom. The Morgan fingerprint density at radius 2 is 1.11 bits per heavy atom. The molecule has 0 aliphatic rings. The molecule has 0 aromatic heterocycles. The fraction of sp³-hybridized carbons (Fsp3) is 0.220. The number of rotatable bonds is 20. The lowest BCUT2D eigenvalue weighted by Gasteiger charge is -2.23. The zero-order valence-corrected chi connectivity index (χ0v) is 31.4. The van der Waals surface area contributed by atoms with E-state index in [1.54, 1.807) is 36.4 Å². The summed E-state index contributed by atoms with van der Waals surface area (Å²) in [4.78, 5) is 28.9. The predicted octanol–water partition coefficient (Wildman–Crippen LogP) is 8.98. The van der Waals surface area contributed by atoms with Gasteiger partial charge in [0.25, 0.3) is 5.91 Å². The number of phosphoric ester groups is 1. The molecule has 276 valence electrons. The van der Waals surface area contributed by atoms with Crippen LogP contribution in [0.4, 0.5) is 5.69 Å². The van der Waals surface area contributed by atoms with Gasteiger partial charge in [-0.3, -0.25) is 13.8 Å². The van der Waals surface area contributed by atoms with Gasteiger partial charge < -0.3 is 19.5 Å². The second kappa shape index (κ2) is 20.6. The molecule has 5 aromatic carbocycles. The van der Waals surface area contributed by atoms with E-state index in [0.717, 1.165) is 22.4 Å². The van der Waals surface area contributed by atoms with E-state index >= 15 is 0 Å². The molecule has 0 bridgehead atoms. The first-order valence-corrected chi connectivity index (χ1v) is 19.6. The lowest BCUT2D eigenvalue weighted by Crippen LogP contribution is -2.43. The van der Waals surface area contributed by atoms with Crippen molar-refractivity contribution in [3.63, 3.8) is 0 Å². The average Bonchev–Trinajstić information content (AvgIpc) is 3.20. The van der Waals surface area contributed by atoms with Crippen molar-refractivity contribution in [2.45, 2.75) is 32.3 Å². The monoisotopic (exact) mass is 774 g/mol. The van der Waals surface area contributed by atoms with Crippen molar-refractivity contribution in [3.8, 4) is 5.75 Å². The number of carbonyl (C=O) groups is 2. The third-order valence-electron chi connectivity index (χ3n) is 8.06. The number of nitrogens with zero attached hydrogens (tertiary/aromatic N) is 1. The van der Waals surface area contributed by atoms with Gasteiger partial charge in [-0.2, -0.15) is 0 Å². The second-order valence-corrected chi connectivity index (χ2v) is 14.3. The minimum atomic E-state index is -4.09. The van der Waals surface area contributed by atoms with E-state index in [1.165, 1.54) is 0 Å². The fourth-order valence-corrected chi connectivity index (χ4v) is 6.84. The Bertz CT molecular complexity index is 1850. The first-order chi connectivity index (χ1) is 25.8. The van der Waals surface area contributed by atoms with E-state index in [2.05, 4.69) is 5.32 Å². The second-order valence-electron chi connectivity index (χ2n) is 11.9. The number of amides is 1. The number of anilines is 1.